The summed E-state index contributed by atoms with van der Waals surface area (Å²) in [6.07, 6.45) is 1.87. The molecule has 0 aliphatic rings. The fraction of sp³-hybridized carbons (Fsp3) is 0.462. The number of benzene rings is 1. The number of carboxylic acids is 1. The zero-order valence-electron chi connectivity index (χ0n) is 9.94. The van der Waals surface area contributed by atoms with Crippen molar-refractivity contribution in [1.29, 1.82) is 0 Å². The maximum absolute atomic E-state index is 10.7. The summed E-state index contributed by atoms with van der Waals surface area (Å²) >= 11 is 8.73. The molecule has 1 unspecified atom stereocenters. The quantitative estimate of drug-likeness (QED) is 0.581. The molecule has 0 bridgehead atoms. The van der Waals surface area contributed by atoms with Gasteiger partial charge in [-0.15, -0.1) is 0 Å². The number of hydrogen-bond donors (Lipinski definition) is 1. The predicted molar refractivity (Wildman–Crippen MR) is 75.1 cm³/mol. The number of carboxylic acid groups (broad SMARTS) is 1. The standard InChI is InChI=1S/C13H16BrClO3/c14-13(15,12(16)17)8-4-5-9-18-10-11-6-2-1-3-7-11/h1-3,6-7H,4-5,8-10H2,(H,16,17). The molecule has 0 radical (unpaired) electrons. The first kappa shape index (κ1) is 15.5. The van der Waals surface area contributed by atoms with Crippen LogP contribution in [0.1, 0.15) is 24.8 Å². The van der Waals surface area contributed by atoms with E-state index in [4.69, 9.17) is 21.4 Å². The molecule has 0 aliphatic carbocycles. The maximum Gasteiger partial charge on any atom is 0.335 e. The number of aliphatic carboxylic acids is 1. The minimum absolute atomic E-state index is 0.374. The summed E-state index contributed by atoms with van der Waals surface area (Å²) in [7, 11) is 0. The summed E-state index contributed by atoms with van der Waals surface area (Å²) in [5, 5.41) is 8.78. The molecule has 0 heterocycles. The molecule has 18 heavy (non-hydrogen) atoms. The molecule has 1 aromatic carbocycles. The van der Waals surface area contributed by atoms with Crippen LogP contribution in [-0.2, 0) is 16.1 Å². The van der Waals surface area contributed by atoms with Crippen LogP contribution < -0.4 is 0 Å². The molecule has 100 valence electrons. The predicted octanol–water partition coefficient (Wildman–Crippen LogP) is 3.79. The van der Waals surface area contributed by atoms with Gasteiger partial charge in [0.05, 0.1) is 6.61 Å². The fourth-order valence-electron chi connectivity index (χ4n) is 1.42. The van der Waals surface area contributed by atoms with Crippen LogP contribution >= 0.6 is 27.5 Å². The number of unbranched alkanes of at least 4 members (excludes halogenated alkanes) is 1. The van der Waals surface area contributed by atoms with E-state index in [0.29, 0.717) is 26.1 Å². The Bertz CT molecular complexity index is 368. The lowest BCUT2D eigenvalue weighted by atomic mass is 10.2. The van der Waals surface area contributed by atoms with Gasteiger partial charge in [0.25, 0.3) is 0 Å². The van der Waals surface area contributed by atoms with Crippen LogP contribution in [0, 0.1) is 0 Å². The van der Waals surface area contributed by atoms with E-state index >= 15 is 0 Å². The lowest BCUT2D eigenvalue weighted by molar-refractivity contribution is -0.137. The van der Waals surface area contributed by atoms with E-state index in [9.17, 15) is 4.79 Å². The van der Waals surface area contributed by atoms with Crippen molar-refractivity contribution in [3.8, 4) is 0 Å². The van der Waals surface area contributed by atoms with Crippen molar-refractivity contribution in [1.82, 2.24) is 0 Å². The Hall–Kier alpha value is -0.580. The number of ether oxygens (including phenoxy) is 1. The number of halogens is 2. The Morgan fingerprint density at radius 1 is 1.33 bits per heavy atom. The third kappa shape index (κ3) is 5.85. The highest BCUT2D eigenvalue weighted by Crippen LogP contribution is 2.29. The van der Waals surface area contributed by atoms with Crippen molar-refractivity contribution in [2.45, 2.75) is 29.7 Å². The van der Waals surface area contributed by atoms with Crippen LogP contribution in [0.2, 0.25) is 0 Å². The zero-order valence-corrected chi connectivity index (χ0v) is 12.3. The molecule has 1 rings (SSSR count). The second-order valence-corrected chi connectivity index (χ2v) is 6.46. The molecule has 5 heteroatoms. The van der Waals surface area contributed by atoms with Gasteiger partial charge in [-0.3, -0.25) is 0 Å². The van der Waals surface area contributed by atoms with E-state index < -0.39 is 9.75 Å². The average molecular weight is 336 g/mol. The van der Waals surface area contributed by atoms with E-state index in [-0.39, 0.29) is 0 Å². The van der Waals surface area contributed by atoms with Crippen molar-refractivity contribution in [2.24, 2.45) is 0 Å². The lowest BCUT2D eigenvalue weighted by Gasteiger charge is -2.13. The summed E-state index contributed by atoms with van der Waals surface area (Å²) in [5.74, 6) is -1.05. The van der Waals surface area contributed by atoms with Gasteiger partial charge in [0.2, 0.25) is 0 Å². The molecular weight excluding hydrogens is 319 g/mol. The van der Waals surface area contributed by atoms with Crippen LogP contribution in [-0.4, -0.2) is 21.5 Å². The maximum atomic E-state index is 10.7. The van der Waals surface area contributed by atoms with Gasteiger partial charge < -0.3 is 9.84 Å². The molecule has 3 nitrogen and oxygen atoms in total. The number of alkyl halides is 2. The molecule has 0 saturated heterocycles. The number of carbonyl (C=O) groups is 1. The highest BCUT2D eigenvalue weighted by Gasteiger charge is 2.31. The summed E-state index contributed by atoms with van der Waals surface area (Å²) in [6.45, 7) is 1.19. The van der Waals surface area contributed by atoms with Crippen LogP contribution in [0.15, 0.2) is 30.3 Å². The Kier molecular flexibility index (Phi) is 6.68. The highest BCUT2D eigenvalue weighted by atomic mass is 79.9. The molecule has 0 amide bonds. The van der Waals surface area contributed by atoms with Crippen LogP contribution in [0.3, 0.4) is 0 Å². The Morgan fingerprint density at radius 2 is 2.00 bits per heavy atom. The molecule has 1 N–H and O–H groups in total. The van der Waals surface area contributed by atoms with Crippen molar-refractivity contribution >= 4 is 33.5 Å². The van der Waals surface area contributed by atoms with E-state index in [1.54, 1.807) is 0 Å². The van der Waals surface area contributed by atoms with Crippen molar-refractivity contribution in [3.63, 3.8) is 0 Å². The van der Waals surface area contributed by atoms with Crippen LogP contribution in [0.5, 0.6) is 0 Å². The SMILES string of the molecule is O=C(O)C(Cl)(Br)CCCCOCc1ccccc1. The molecular formula is C13H16BrClO3. The molecule has 0 fully saturated rings. The number of hydrogen-bond acceptors (Lipinski definition) is 2. The summed E-state index contributed by atoms with van der Waals surface area (Å²) in [5.41, 5.74) is 1.13. The van der Waals surface area contributed by atoms with Crippen LogP contribution in [0.25, 0.3) is 0 Å². The van der Waals surface area contributed by atoms with Gasteiger partial charge in [-0.1, -0.05) is 57.9 Å². The van der Waals surface area contributed by atoms with Gasteiger partial charge in [0.15, 0.2) is 3.78 Å². The van der Waals surface area contributed by atoms with Gasteiger partial charge in [0, 0.05) is 6.61 Å². The smallest absolute Gasteiger partial charge is 0.335 e. The molecule has 1 atom stereocenters. The van der Waals surface area contributed by atoms with Crippen molar-refractivity contribution < 1.29 is 14.6 Å². The monoisotopic (exact) mass is 334 g/mol. The second kappa shape index (κ2) is 7.77. The van der Waals surface area contributed by atoms with Gasteiger partial charge in [-0.25, -0.2) is 4.79 Å². The van der Waals surface area contributed by atoms with Crippen LogP contribution in [0.4, 0.5) is 0 Å². The minimum atomic E-state index is -1.34. The average Bonchev–Trinajstić information content (AvgIpc) is 2.34. The Labute approximate surface area is 120 Å². The lowest BCUT2D eigenvalue weighted by Crippen LogP contribution is -2.24. The first-order chi connectivity index (χ1) is 8.52. The van der Waals surface area contributed by atoms with E-state index in [1.807, 2.05) is 30.3 Å². The number of rotatable bonds is 8. The summed E-state index contributed by atoms with van der Waals surface area (Å²) < 4.78 is 4.15. The Balaban J connectivity index is 2.08. The third-order valence-electron chi connectivity index (χ3n) is 2.45. The minimum Gasteiger partial charge on any atom is -0.479 e. The topological polar surface area (TPSA) is 46.5 Å². The Morgan fingerprint density at radius 3 is 2.61 bits per heavy atom. The first-order valence-electron chi connectivity index (χ1n) is 5.75. The fourth-order valence-corrected chi connectivity index (χ4v) is 1.84. The molecule has 0 spiro atoms. The molecule has 0 saturated carbocycles. The van der Waals surface area contributed by atoms with Crippen molar-refractivity contribution in [2.75, 3.05) is 6.61 Å². The van der Waals surface area contributed by atoms with Gasteiger partial charge in [-0.2, -0.15) is 0 Å². The summed E-state index contributed by atoms with van der Waals surface area (Å²) in [4.78, 5) is 10.7. The molecule has 0 aromatic heterocycles. The highest BCUT2D eigenvalue weighted by molar-refractivity contribution is 9.10. The largest absolute Gasteiger partial charge is 0.479 e. The molecule has 1 aromatic rings. The first-order valence-corrected chi connectivity index (χ1v) is 6.92. The second-order valence-electron chi connectivity index (χ2n) is 4.00. The normalized spacial score (nSPS) is 14.1. The van der Waals surface area contributed by atoms with Gasteiger partial charge >= 0.3 is 5.97 Å². The van der Waals surface area contributed by atoms with E-state index in [2.05, 4.69) is 15.9 Å². The van der Waals surface area contributed by atoms with Gasteiger partial charge in [0.1, 0.15) is 0 Å². The third-order valence-corrected chi connectivity index (χ3v) is 3.54. The van der Waals surface area contributed by atoms with Gasteiger partial charge in [-0.05, 0) is 24.8 Å². The zero-order chi connectivity index (χ0) is 13.4. The summed E-state index contributed by atoms with van der Waals surface area (Å²) in [6, 6.07) is 9.92. The van der Waals surface area contributed by atoms with E-state index in [1.165, 1.54) is 0 Å². The van der Waals surface area contributed by atoms with Crippen molar-refractivity contribution in [3.05, 3.63) is 35.9 Å². The molecule has 0 aliphatic heterocycles. The van der Waals surface area contributed by atoms with E-state index in [0.717, 1.165) is 12.0 Å².